The van der Waals surface area contributed by atoms with E-state index in [4.69, 9.17) is 0 Å². The van der Waals surface area contributed by atoms with E-state index in [1.54, 1.807) is 19.2 Å². The zero-order valence-electron chi connectivity index (χ0n) is 15.6. The summed E-state index contributed by atoms with van der Waals surface area (Å²) in [6, 6.07) is 19.0. The first-order valence-corrected chi connectivity index (χ1v) is 8.93. The van der Waals surface area contributed by atoms with Gasteiger partial charge in [-0.3, -0.25) is 9.78 Å². The topological polar surface area (TPSA) is 79.8 Å². The molecule has 0 unspecified atom stereocenters. The Morgan fingerprint density at radius 2 is 1.68 bits per heavy atom. The number of hydrogen-bond acceptors (Lipinski definition) is 5. The van der Waals surface area contributed by atoms with Crippen molar-refractivity contribution < 1.29 is 4.79 Å². The second kappa shape index (κ2) is 7.44. The van der Waals surface area contributed by atoms with E-state index in [1.165, 1.54) is 0 Å². The lowest BCUT2D eigenvalue weighted by molar-refractivity contribution is 0.102. The monoisotopic (exact) mass is 369 g/mol. The van der Waals surface area contributed by atoms with E-state index >= 15 is 0 Å². The van der Waals surface area contributed by atoms with Crippen LogP contribution in [0.2, 0.25) is 0 Å². The zero-order chi connectivity index (χ0) is 19.5. The summed E-state index contributed by atoms with van der Waals surface area (Å²) in [5, 5.41) is 7.19. The van der Waals surface area contributed by atoms with Crippen molar-refractivity contribution in [1.82, 2.24) is 15.0 Å². The van der Waals surface area contributed by atoms with E-state index in [0.29, 0.717) is 17.3 Å². The fourth-order valence-electron chi connectivity index (χ4n) is 2.99. The number of aryl methyl sites for hydroxylation is 2. The van der Waals surface area contributed by atoms with Gasteiger partial charge in [-0.1, -0.05) is 36.4 Å². The minimum absolute atomic E-state index is 0.279. The van der Waals surface area contributed by atoms with Gasteiger partial charge in [0.1, 0.15) is 17.3 Å². The van der Waals surface area contributed by atoms with E-state index in [9.17, 15) is 4.79 Å². The van der Waals surface area contributed by atoms with Crippen LogP contribution in [0.1, 0.15) is 21.9 Å². The van der Waals surface area contributed by atoms with Crippen LogP contribution in [0.4, 0.5) is 17.2 Å². The Morgan fingerprint density at radius 3 is 2.54 bits per heavy atom. The maximum absolute atomic E-state index is 12.7. The van der Waals surface area contributed by atoms with Crippen LogP contribution in [0.15, 0.2) is 66.9 Å². The maximum atomic E-state index is 12.7. The first kappa shape index (κ1) is 17.6. The van der Waals surface area contributed by atoms with Crippen LogP contribution in [0, 0.1) is 13.8 Å². The average Bonchev–Trinajstić information content (AvgIpc) is 2.69. The molecule has 0 saturated heterocycles. The SMILES string of the molecule is Cc1nc(Nc2cccc3cccnc23)cc(C(=O)Nc2ccccc2C)n1. The lowest BCUT2D eigenvalue weighted by Crippen LogP contribution is -2.16. The van der Waals surface area contributed by atoms with Crippen LogP contribution in [-0.2, 0) is 0 Å². The Morgan fingerprint density at radius 1 is 0.893 bits per heavy atom. The first-order chi connectivity index (χ1) is 13.6. The Kier molecular flexibility index (Phi) is 4.68. The van der Waals surface area contributed by atoms with Crippen molar-refractivity contribution >= 4 is 34.0 Å². The highest BCUT2D eigenvalue weighted by Gasteiger charge is 2.13. The molecule has 0 radical (unpaired) electrons. The predicted molar refractivity (Wildman–Crippen MR) is 111 cm³/mol. The van der Waals surface area contributed by atoms with Crippen LogP contribution in [0.5, 0.6) is 0 Å². The molecule has 2 aromatic carbocycles. The number of fused-ring (bicyclic) bond motifs is 1. The molecule has 6 nitrogen and oxygen atoms in total. The third-order valence-electron chi connectivity index (χ3n) is 4.36. The normalized spacial score (nSPS) is 10.6. The maximum Gasteiger partial charge on any atom is 0.274 e. The molecule has 0 aliphatic rings. The number of anilines is 3. The van der Waals surface area contributed by atoms with Gasteiger partial charge in [-0.15, -0.1) is 0 Å². The second-order valence-electron chi connectivity index (χ2n) is 6.46. The molecule has 138 valence electrons. The van der Waals surface area contributed by atoms with Crippen molar-refractivity contribution in [2.24, 2.45) is 0 Å². The van der Waals surface area contributed by atoms with Gasteiger partial charge in [-0.25, -0.2) is 9.97 Å². The van der Waals surface area contributed by atoms with Crippen molar-refractivity contribution in [3.63, 3.8) is 0 Å². The molecular weight excluding hydrogens is 350 g/mol. The number of carbonyl (C=O) groups excluding carboxylic acids is 1. The number of carbonyl (C=O) groups is 1. The van der Waals surface area contributed by atoms with Crippen molar-refractivity contribution in [3.05, 3.63) is 83.9 Å². The van der Waals surface area contributed by atoms with Gasteiger partial charge >= 0.3 is 0 Å². The van der Waals surface area contributed by atoms with Crippen LogP contribution >= 0.6 is 0 Å². The Labute approximate surface area is 162 Å². The van der Waals surface area contributed by atoms with Gasteiger partial charge in [0.2, 0.25) is 0 Å². The molecule has 2 heterocycles. The molecule has 2 N–H and O–H groups in total. The minimum atomic E-state index is -0.279. The van der Waals surface area contributed by atoms with E-state index in [0.717, 1.165) is 27.8 Å². The number of rotatable bonds is 4. The number of benzene rings is 2. The van der Waals surface area contributed by atoms with Gasteiger partial charge in [0, 0.05) is 23.3 Å². The lowest BCUT2D eigenvalue weighted by atomic mass is 10.2. The largest absolute Gasteiger partial charge is 0.338 e. The lowest BCUT2D eigenvalue weighted by Gasteiger charge is -2.11. The van der Waals surface area contributed by atoms with Gasteiger partial charge in [-0.2, -0.15) is 0 Å². The van der Waals surface area contributed by atoms with Crippen LogP contribution < -0.4 is 10.6 Å². The quantitative estimate of drug-likeness (QED) is 0.548. The van der Waals surface area contributed by atoms with Crippen molar-refractivity contribution in [1.29, 1.82) is 0 Å². The second-order valence-corrected chi connectivity index (χ2v) is 6.46. The van der Waals surface area contributed by atoms with Gasteiger partial charge in [0.15, 0.2) is 0 Å². The number of aromatic nitrogens is 3. The van der Waals surface area contributed by atoms with Crippen LogP contribution in [0.3, 0.4) is 0 Å². The first-order valence-electron chi connectivity index (χ1n) is 8.93. The molecular formula is C22H19N5O. The molecule has 0 aliphatic heterocycles. The van der Waals surface area contributed by atoms with Crippen LogP contribution in [0.25, 0.3) is 10.9 Å². The molecule has 28 heavy (non-hydrogen) atoms. The molecule has 0 saturated carbocycles. The molecule has 4 aromatic rings. The Bertz CT molecular complexity index is 1170. The standard InChI is InChI=1S/C22H19N5O/c1-14-7-3-4-10-17(14)27-22(28)19-13-20(25-15(2)24-19)26-18-11-5-8-16-9-6-12-23-21(16)18/h3-13H,1-2H3,(H,27,28)(H,24,25,26). The summed E-state index contributed by atoms with van der Waals surface area (Å²) in [6.45, 7) is 3.71. The number of pyridine rings is 1. The van der Waals surface area contributed by atoms with E-state index in [1.807, 2.05) is 61.5 Å². The fraction of sp³-hybridized carbons (Fsp3) is 0.0909. The van der Waals surface area contributed by atoms with E-state index < -0.39 is 0 Å². The van der Waals surface area contributed by atoms with Crippen molar-refractivity contribution in [2.45, 2.75) is 13.8 Å². The average molecular weight is 369 g/mol. The summed E-state index contributed by atoms with van der Waals surface area (Å²) in [7, 11) is 0. The highest BCUT2D eigenvalue weighted by Crippen LogP contribution is 2.24. The molecule has 4 rings (SSSR count). The molecule has 0 atom stereocenters. The number of nitrogens with one attached hydrogen (secondary N) is 2. The summed E-state index contributed by atoms with van der Waals surface area (Å²) in [4.78, 5) is 25.8. The van der Waals surface area contributed by atoms with Gasteiger partial charge in [0.05, 0.1) is 11.2 Å². The van der Waals surface area contributed by atoms with Crippen molar-refractivity contribution in [3.8, 4) is 0 Å². The minimum Gasteiger partial charge on any atom is -0.338 e. The third-order valence-corrected chi connectivity index (χ3v) is 4.36. The molecule has 0 bridgehead atoms. The number of nitrogens with zero attached hydrogens (tertiary/aromatic N) is 3. The third kappa shape index (κ3) is 3.66. The number of amides is 1. The van der Waals surface area contributed by atoms with Gasteiger partial charge < -0.3 is 10.6 Å². The fourth-order valence-corrected chi connectivity index (χ4v) is 2.99. The molecule has 0 fully saturated rings. The summed E-state index contributed by atoms with van der Waals surface area (Å²) < 4.78 is 0. The Balaban J connectivity index is 1.64. The van der Waals surface area contributed by atoms with E-state index in [-0.39, 0.29) is 5.91 Å². The molecule has 1 amide bonds. The number of hydrogen-bond donors (Lipinski definition) is 2. The Hall–Kier alpha value is -3.80. The summed E-state index contributed by atoms with van der Waals surface area (Å²) >= 11 is 0. The highest BCUT2D eigenvalue weighted by atomic mass is 16.1. The molecule has 0 spiro atoms. The molecule has 2 aromatic heterocycles. The number of para-hydroxylation sites is 2. The molecule has 0 aliphatic carbocycles. The van der Waals surface area contributed by atoms with E-state index in [2.05, 4.69) is 25.6 Å². The van der Waals surface area contributed by atoms with Gasteiger partial charge in [-0.05, 0) is 37.6 Å². The predicted octanol–water partition coefficient (Wildman–Crippen LogP) is 4.64. The summed E-state index contributed by atoms with van der Waals surface area (Å²) in [5.41, 5.74) is 3.71. The van der Waals surface area contributed by atoms with Gasteiger partial charge in [0.25, 0.3) is 5.91 Å². The summed E-state index contributed by atoms with van der Waals surface area (Å²) in [6.07, 6.45) is 1.75. The summed E-state index contributed by atoms with van der Waals surface area (Å²) in [5.74, 6) is 0.771. The highest BCUT2D eigenvalue weighted by molar-refractivity contribution is 6.03. The smallest absolute Gasteiger partial charge is 0.274 e. The zero-order valence-corrected chi connectivity index (χ0v) is 15.6. The van der Waals surface area contributed by atoms with Crippen LogP contribution in [-0.4, -0.2) is 20.9 Å². The molecule has 6 heteroatoms. The van der Waals surface area contributed by atoms with Crippen molar-refractivity contribution in [2.75, 3.05) is 10.6 Å².